The second-order valence-electron chi connectivity index (χ2n) is 18.9. The van der Waals surface area contributed by atoms with Crippen molar-refractivity contribution in [1.82, 2.24) is 20.4 Å². The lowest BCUT2D eigenvalue weighted by Gasteiger charge is -2.31. The summed E-state index contributed by atoms with van der Waals surface area (Å²) in [5.41, 5.74) is 4.13. The number of nitrogens with one attached hydrogen (secondary N) is 3. The number of methoxy groups -OCH3 is 2. The minimum Gasteiger partial charge on any atom is -0.493 e. The lowest BCUT2D eigenvalue weighted by molar-refractivity contribution is -0.154. The standard InChI is InChI=1S/C57H67N7O13/c1-9-13-37-22-40-28-58-43-26-49(47(72-7)24-41(43)53(67)62(40)30-37)74-20-12-21-75-50-27-44-42(25-48(50)73-8)54(68)63-31-38(14-10-2)23-45(63)55(69)64(44)57(71)77-32-36-15-17-39(18-16-36)61-33-60-35(6)46(65)29-59-51(34(4)5)52(66)56(70)76-19-11-3/h9-11,13-18,24-28,30-31,34-35,40,45,51,55,59-61,69H,3,12,19-23,29,32-33H2,1-2,4-8H3/b13-9+,14-10+/t35-,40-,45-,51-,55-/m0/s1. The number of fused-ring (bicyclic) bond motifs is 4. The number of hydrogen-bond acceptors (Lipinski definition) is 17. The molecule has 20 nitrogen and oxygen atoms in total. The summed E-state index contributed by atoms with van der Waals surface area (Å²) in [5, 5.41) is 21.2. The quantitative estimate of drug-likeness (QED) is 0.0222. The number of esters is 1. The van der Waals surface area contributed by atoms with Crippen LogP contribution in [-0.2, 0) is 30.5 Å². The van der Waals surface area contributed by atoms with Crippen molar-refractivity contribution in [2.45, 2.75) is 90.9 Å². The zero-order valence-corrected chi connectivity index (χ0v) is 44.4. The highest BCUT2D eigenvalue weighted by Gasteiger charge is 2.45. The third-order valence-electron chi connectivity index (χ3n) is 13.2. The number of hydrogen-bond donors (Lipinski definition) is 4. The molecule has 0 spiro atoms. The smallest absolute Gasteiger partial charge is 0.416 e. The Morgan fingerprint density at radius 3 is 2.10 bits per heavy atom. The molecule has 0 aromatic heterocycles. The number of carbonyl (C=O) groups excluding carboxylic acids is 6. The maximum absolute atomic E-state index is 14.3. The van der Waals surface area contributed by atoms with E-state index in [1.54, 1.807) is 74.5 Å². The van der Waals surface area contributed by atoms with E-state index in [2.05, 4.69) is 27.5 Å². The Bertz CT molecular complexity index is 2870. The van der Waals surface area contributed by atoms with Gasteiger partial charge in [0.2, 0.25) is 0 Å². The van der Waals surface area contributed by atoms with Crippen molar-refractivity contribution < 1.29 is 62.3 Å². The van der Waals surface area contributed by atoms with E-state index in [4.69, 9.17) is 28.4 Å². The highest BCUT2D eigenvalue weighted by atomic mass is 16.6. The van der Waals surface area contributed by atoms with Crippen molar-refractivity contribution in [3.63, 3.8) is 0 Å². The number of Topliss-reactive ketones (excluding diaryl/α,β-unsaturated/α-hetero) is 2. The minimum absolute atomic E-state index is 0.0569. The minimum atomic E-state index is -1.53. The van der Waals surface area contributed by atoms with E-state index < -0.39 is 48.1 Å². The van der Waals surface area contributed by atoms with Gasteiger partial charge in [-0.05, 0) is 80.5 Å². The summed E-state index contributed by atoms with van der Waals surface area (Å²) in [6.07, 6.45) is 13.1. The monoisotopic (exact) mass is 1060 g/mol. The number of allylic oxidation sites excluding steroid dienone is 4. The van der Waals surface area contributed by atoms with E-state index in [-0.39, 0.29) is 92.5 Å². The van der Waals surface area contributed by atoms with Gasteiger partial charge in [0.05, 0.1) is 87.3 Å². The van der Waals surface area contributed by atoms with Crippen LogP contribution in [0.25, 0.3) is 0 Å². The normalized spacial score (nSPS) is 18.4. The van der Waals surface area contributed by atoms with Gasteiger partial charge in [-0.2, -0.15) is 0 Å². The number of anilines is 2. The summed E-state index contributed by atoms with van der Waals surface area (Å²) < 4.78 is 34.4. The van der Waals surface area contributed by atoms with Gasteiger partial charge in [0, 0.05) is 42.9 Å². The summed E-state index contributed by atoms with van der Waals surface area (Å²) in [7, 11) is 2.93. The fourth-order valence-corrected chi connectivity index (χ4v) is 9.14. The summed E-state index contributed by atoms with van der Waals surface area (Å²) in [6, 6.07) is 10.8. The Balaban J connectivity index is 0.978. The fraction of sp³-hybridized carbons (Fsp3) is 0.386. The summed E-state index contributed by atoms with van der Waals surface area (Å²) in [4.78, 5) is 88.7. The molecule has 408 valence electrons. The number of ketones is 2. The van der Waals surface area contributed by atoms with Gasteiger partial charge in [-0.3, -0.25) is 34.8 Å². The average Bonchev–Trinajstić information content (AvgIpc) is 4.11. The SMILES string of the molecule is C=CCOC(=O)C(=O)[C@@H](NCC(=O)[C@H](C)NCNc1ccc(COC(=O)N2c3cc(OCCCOc4cc5c(cc4OC)C(=O)N4C=C(/C=C/C)C[C@H]4C=N5)c(OC)cc3C(=O)N3C=C(/C=C/C)C[C@H]3[C@@H]2O)cc1)C(C)C. The lowest BCUT2D eigenvalue weighted by Crippen LogP contribution is -2.50. The van der Waals surface area contributed by atoms with Crippen LogP contribution in [0.15, 0.2) is 114 Å². The van der Waals surface area contributed by atoms with E-state index in [1.165, 1.54) is 37.3 Å². The molecule has 0 aliphatic carbocycles. The van der Waals surface area contributed by atoms with Crippen LogP contribution in [0, 0.1) is 5.92 Å². The van der Waals surface area contributed by atoms with Crippen LogP contribution in [-0.4, -0.2) is 134 Å². The Hall–Kier alpha value is -8.07. The van der Waals surface area contributed by atoms with Crippen LogP contribution in [0.2, 0.25) is 0 Å². The maximum Gasteiger partial charge on any atom is 0.416 e. The Morgan fingerprint density at radius 1 is 0.818 bits per heavy atom. The van der Waals surface area contributed by atoms with Gasteiger partial charge >= 0.3 is 12.1 Å². The number of rotatable bonds is 25. The molecule has 4 N–H and O–H groups in total. The van der Waals surface area contributed by atoms with E-state index in [0.717, 1.165) is 16.0 Å². The van der Waals surface area contributed by atoms with Crippen LogP contribution in [0.5, 0.6) is 23.0 Å². The Labute approximate surface area is 448 Å². The van der Waals surface area contributed by atoms with Crippen LogP contribution in [0.4, 0.5) is 21.9 Å². The molecule has 0 unspecified atom stereocenters. The maximum atomic E-state index is 14.3. The first-order valence-corrected chi connectivity index (χ1v) is 25.4. The van der Waals surface area contributed by atoms with Crippen LogP contribution in [0.3, 0.4) is 0 Å². The second-order valence-corrected chi connectivity index (χ2v) is 18.9. The van der Waals surface area contributed by atoms with Gasteiger partial charge in [-0.25, -0.2) is 14.5 Å². The molecule has 3 aromatic carbocycles. The largest absolute Gasteiger partial charge is 0.493 e. The van der Waals surface area contributed by atoms with Gasteiger partial charge in [-0.1, -0.05) is 62.9 Å². The van der Waals surface area contributed by atoms with E-state index in [0.29, 0.717) is 46.8 Å². The van der Waals surface area contributed by atoms with Crippen molar-refractivity contribution in [2.75, 3.05) is 57.5 Å². The van der Waals surface area contributed by atoms with Crippen molar-refractivity contribution in [2.24, 2.45) is 10.9 Å². The first-order chi connectivity index (χ1) is 37.1. The average molecular weight is 1060 g/mol. The molecule has 7 rings (SSSR count). The molecule has 0 saturated carbocycles. The predicted octanol–water partition coefficient (Wildman–Crippen LogP) is 6.92. The first-order valence-electron chi connectivity index (χ1n) is 25.4. The highest BCUT2D eigenvalue weighted by molar-refractivity contribution is 6.35. The molecule has 3 aromatic rings. The van der Waals surface area contributed by atoms with Crippen LogP contribution < -0.4 is 39.8 Å². The molecule has 0 fully saturated rings. The molecule has 20 heteroatoms. The molecule has 0 saturated heterocycles. The van der Waals surface area contributed by atoms with Crippen molar-refractivity contribution >= 4 is 58.7 Å². The first kappa shape index (κ1) is 56.7. The van der Waals surface area contributed by atoms with Crippen molar-refractivity contribution in [3.8, 4) is 23.0 Å². The number of aliphatic hydroxyl groups is 1. The second kappa shape index (κ2) is 26.1. The molecule has 4 aliphatic rings. The number of aliphatic hydroxyl groups excluding tert-OH is 1. The number of ether oxygens (including phenoxy) is 6. The van der Waals surface area contributed by atoms with E-state index >= 15 is 0 Å². The number of nitrogens with zero attached hydrogens (tertiary/aromatic N) is 4. The molecule has 0 bridgehead atoms. The molecule has 3 amide bonds. The summed E-state index contributed by atoms with van der Waals surface area (Å²) in [5.74, 6) is -1.73. The Kier molecular flexibility index (Phi) is 19.2. The van der Waals surface area contributed by atoms with Crippen LogP contribution in [0.1, 0.15) is 80.2 Å². The predicted molar refractivity (Wildman–Crippen MR) is 289 cm³/mol. The number of carbonyl (C=O) groups is 6. The molecular weight excluding hydrogens is 991 g/mol. The van der Waals surface area contributed by atoms with Gasteiger partial charge in [-0.15, -0.1) is 0 Å². The molecule has 4 aliphatic heterocycles. The highest BCUT2D eigenvalue weighted by Crippen LogP contribution is 2.43. The molecular formula is C57H67N7O13. The third kappa shape index (κ3) is 13.3. The van der Waals surface area contributed by atoms with Crippen LogP contribution >= 0.6 is 0 Å². The van der Waals surface area contributed by atoms with Crippen molar-refractivity contribution in [1.29, 1.82) is 0 Å². The van der Waals surface area contributed by atoms with Gasteiger partial charge in [0.25, 0.3) is 17.6 Å². The lowest BCUT2D eigenvalue weighted by atomic mass is 9.99. The zero-order valence-electron chi connectivity index (χ0n) is 44.4. The van der Waals surface area contributed by atoms with Gasteiger partial charge in [0.15, 0.2) is 35.0 Å². The third-order valence-corrected chi connectivity index (χ3v) is 13.2. The van der Waals surface area contributed by atoms with Gasteiger partial charge in [0.1, 0.15) is 13.2 Å². The number of amides is 3. The zero-order chi connectivity index (χ0) is 55.3. The van der Waals surface area contributed by atoms with Crippen molar-refractivity contribution in [3.05, 3.63) is 126 Å². The number of aliphatic imine (C=N–C) groups is 1. The molecule has 77 heavy (non-hydrogen) atoms. The van der Waals surface area contributed by atoms with E-state index in [1.807, 2.05) is 44.4 Å². The molecule has 4 heterocycles. The summed E-state index contributed by atoms with van der Waals surface area (Å²) >= 11 is 0. The number of benzene rings is 3. The molecule has 5 atom stereocenters. The topological polar surface area (TPSA) is 236 Å². The van der Waals surface area contributed by atoms with Gasteiger partial charge < -0.3 is 48.6 Å². The van der Waals surface area contributed by atoms with E-state index in [9.17, 15) is 33.9 Å². The summed E-state index contributed by atoms with van der Waals surface area (Å²) in [6.45, 7) is 12.5. The fourth-order valence-electron chi connectivity index (χ4n) is 9.14. The Morgan fingerprint density at radius 2 is 1.45 bits per heavy atom. The molecule has 0 radical (unpaired) electrons.